The number of likely N-dealkylation sites (N-methyl/N-ethyl adjacent to an activating group) is 1. The van der Waals surface area contributed by atoms with Gasteiger partial charge in [0.2, 0.25) is 11.5 Å². The highest BCUT2D eigenvalue weighted by Gasteiger charge is 2.19. The van der Waals surface area contributed by atoms with Crippen molar-refractivity contribution >= 4 is 57.5 Å². The molecular weight excluding hydrogens is 507 g/mol. The van der Waals surface area contributed by atoms with Gasteiger partial charge < -0.3 is 14.0 Å². The Hall–Kier alpha value is -3.06. The minimum Gasteiger partial charge on any atom is -0.344 e. The summed E-state index contributed by atoms with van der Waals surface area (Å²) in [4.78, 5) is 27.4. The average Bonchev–Trinajstić information content (AvgIpc) is 3.09. The molecule has 4 rings (SSSR count). The van der Waals surface area contributed by atoms with Crippen molar-refractivity contribution in [2.24, 2.45) is 0 Å². The van der Waals surface area contributed by atoms with Crippen molar-refractivity contribution in [2.45, 2.75) is 19.5 Å². The Morgan fingerprint density at radius 1 is 0.914 bits per heavy atom. The molecule has 0 aliphatic carbocycles. The zero-order valence-corrected chi connectivity index (χ0v) is 21.2. The Morgan fingerprint density at radius 3 is 2.37 bits per heavy atom. The summed E-state index contributed by atoms with van der Waals surface area (Å²) < 4.78 is 3.32. The predicted molar refractivity (Wildman–Crippen MR) is 139 cm³/mol. The molecule has 0 atom stereocenters. The number of nitrogens with zero attached hydrogens (tertiary/aromatic N) is 3. The van der Waals surface area contributed by atoms with Gasteiger partial charge in [0.05, 0.1) is 34.0 Å². The van der Waals surface area contributed by atoms with E-state index in [-0.39, 0.29) is 28.9 Å². The van der Waals surface area contributed by atoms with Gasteiger partial charge in [0.25, 0.3) is 0 Å². The van der Waals surface area contributed by atoms with Crippen LogP contribution in [0.3, 0.4) is 0 Å². The standard InChI is InChI=1S/C26H23Cl3N4O2/c1-31(24(35)14-17-6-3-2-4-7-17)12-13-32-25-20(28)8-5-9-22(25)33(26(32)30)16-23(34)19-11-10-18(27)15-21(19)29/h2-11,15,30H,12-14,16H2,1H3. The van der Waals surface area contributed by atoms with E-state index in [1.807, 2.05) is 36.4 Å². The summed E-state index contributed by atoms with van der Waals surface area (Å²) >= 11 is 18.7. The largest absolute Gasteiger partial charge is 0.344 e. The SMILES string of the molecule is CN(CCn1c(=N)n(CC(=O)c2ccc(Cl)cc2Cl)c2cccc(Cl)c21)C(=O)Cc1ccccc1. The monoisotopic (exact) mass is 528 g/mol. The molecule has 9 heteroatoms. The third-order valence-corrected chi connectivity index (χ3v) is 6.71. The second-order valence-electron chi connectivity index (χ2n) is 8.19. The van der Waals surface area contributed by atoms with Crippen LogP contribution in [-0.4, -0.2) is 39.3 Å². The van der Waals surface area contributed by atoms with E-state index in [9.17, 15) is 9.59 Å². The molecule has 6 nitrogen and oxygen atoms in total. The van der Waals surface area contributed by atoms with Crippen molar-refractivity contribution in [3.8, 4) is 0 Å². The quantitative estimate of drug-likeness (QED) is 0.308. The lowest BCUT2D eigenvalue weighted by Gasteiger charge is -2.18. The summed E-state index contributed by atoms with van der Waals surface area (Å²) in [5, 5.41) is 9.97. The van der Waals surface area contributed by atoms with Crippen LogP contribution in [0, 0.1) is 5.41 Å². The Bertz CT molecular complexity index is 1460. The van der Waals surface area contributed by atoms with Crippen molar-refractivity contribution in [3.05, 3.63) is 98.5 Å². The van der Waals surface area contributed by atoms with Gasteiger partial charge in [0, 0.05) is 30.7 Å². The number of aromatic nitrogens is 2. The number of ketones is 1. The van der Waals surface area contributed by atoms with Crippen LogP contribution in [0.5, 0.6) is 0 Å². The van der Waals surface area contributed by atoms with E-state index in [0.29, 0.717) is 46.2 Å². The average molecular weight is 530 g/mol. The molecule has 0 bridgehead atoms. The highest BCUT2D eigenvalue weighted by atomic mass is 35.5. The summed E-state index contributed by atoms with van der Waals surface area (Å²) in [7, 11) is 1.74. The molecule has 1 N–H and O–H groups in total. The highest BCUT2D eigenvalue weighted by molar-refractivity contribution is 6.37. The Labute approximate surface area is 217 Å². The molecule has 0 saturated heterocycles. The van der Waals surface area contributed by atoms with E-state index in [0.717, 1.165) is 5.56 Å². The molecule has 35 heavy (non-hydrogen) atoms. The van der Waals surface area contributed by atoms with E-state index in [1.54, 1.807) is 45.3 Å². The molecule has 0 spiro atoms. The summed E-state index contributed by atoms with van der Waals surface area (Å²) in [6, 6.07) is 19.6. The minimum absolute atomic E-state index is 0.0225. The normalized spacial score (nSPS) is 11.1. The number of fused-ring (bicyclic) bond motifs is 1. The molecule has 180 valence electrons. The predicted octanol–water partition coefficient (Wildman–Crippen LogP) is 5.47. The minimum atomic E-state index is -0.251. The summed E-state index contributed by atoms with van der Waals surface area (Å²) in [5.41, 5.74) is 2.67. The molecule has 4 aromatic rings. The molecule has 1 amide bonds. The molecule has 3 aromatic carbocycles. The number of Topliss-reactive ketones (excluding diaryl/α,β-unsaturated/α-hetero) is 1. The first-order chi connectivity index (χ1) is 16.8. The topological polar surface area (TPSA) is 71.1 Å². The van der Waals surface area contributed by atoms with Crippen LogP contribution in [0.4, 0.5) is 0 Å². The molecule has 0 radical (unpaired) electrons. The van der Waals surface area contributed by atoms with E-state index < -0.39 is 0 Å². The fourth-order valence-corrected chi connectivity index (χ4v) is 4.74. The lowest BCUT2D eigenvalue weighted by atomic mass is 10.1. The number of carbonyl (C=O) groups is 2. The van der Waals surface area contributed by atoms with E-state index in [1.165, 1.54) is 6.07 Å². The van der Waals surface area contributed by atoms with Gasteiger partial charge in [-0.15, -0.1) is 0 Å². The molecule has 0 unspecified atom stereocenters. The summed E-state index contributed by atoms with van der Waals surface area (Å²) in [6.45, 7) is 0.634. The number of carbonyl (C=O) groups excluding carboxylic acids is 2. The van der Waals surface area contributed by atoms with Crippen LogP contribution in [0.1, 0.15) is 15.9 Å². The third kappa shape index (κ3) is 5.45. The molecule has 0 aliphatic heterocycles. The van der Waals surface area contributed by atoms with Gasteiger partial charge >= 0.3 is 0 Å². The number of para-hydroxylation sites is 1. The van der Waals surface area contributed by atoms with Crippen LogP contribution in [0.2, 0.25) is 15.1 Å². The van der Waals surface area contributed by atoms with Crippen LogP contribution < -0.4 is 5.62 Å². The van der Waals surface area contributed by atoms with E-state index >= 15 is 0 Å². The zero-order valence-electron chi connectivity index (χ0n) is 19.0. The molecule has 0 saturated carbocycles. The van der Waals surface area contributed by atoms with Gasteiger partial charge in [0.1, 0.15) is 0 Å². The van der Waals surface area contributed by atoms with Crippen LogP contribution in [-0.2, 0) is 24.3 Å². The first-order valence-corrected chi connectivity index (χ1v) is 12.1. The number of nitrogens with one attached hydrogen (secondary N) is 1. The van der Waals surface area contributed by atoms with Crippen LogP contribution in [0.25, 0.3) is 11.0 Å². The summed E-state index contributed by atoms with van der Waals surface area (Å²) in [5.74, 6) is -0.273. The van der Waals surface area contributed by atoms with Gasteiger partial charge in [-0.25, -0.2) is 0 Å². The Kier molecular flexibility index (Phi) is 7.65. The second-order valence-corrected chi connectivity index (χ2v) is 9.44. The number of hydrogen-bond acceptors (Lipinski definition) is 3. The third-order valence-electron chi connectivity index (χ3n) is 5.85. The number of rotatable bonds is 8. The molecule has 1 aromatic heterocycles. The number of halogens is 3. The highest BCUT2D eigenvalue weighted by Crippen LogP contribution is 2.25. The Balaban J connectivity index is 1.59. The molecule has 0 aliphatic rings. The van der Waals surface area contributed by atoms with Gasteiger partial charge in [-0.05, 0) is 35.9 Å². The number of benzene rings is 3. The second kappa shape index (κ2) is 10.7. The number of imidazole rings is 1. The molecule has 1 heterocycles. The van der Waals surface area contributed by atoms with Crippen molar-refractivity contribution in [1.29, 1.82) is 5.41 Å². The summed E-state index contributed by atoms with van der Waals surface area (Å²) in [6.07, 6.45) is 0.300. The first kappa shape index (κ1) is 25.0. The van der Waals surface area contributed by atoms with Crippen molar-refractivity contribution in [2.75, 3.05) is 13.6 Å². The maximum atomic E-state index is 13.0. The van der Waals surface area contributed by atoms with Crippen LogP contribution >= 0.6 is 34.8 Å². The smallest absolute Gasteiger partial charge is 0.226 e. The lowest BCUT2D eigenvalue weighted by molar-refractivity contribution is -0.129. The van der Waals surface area contributed by atoms with E-state index in [4.69, 9.17) is 40.2 Å². The fraction of sp³-hybridized carbons (Fsp3) is 0.192. The van der Waals surface area contributed by atoms with Crippen LogP contribution in [0.15, 0.2) is 66.7 Å². The van der Waals surface area contributed by atoms with Crippen molar-refractivity contribution in [1.82, 2.24) is 14.0 Å². The molecule has 0 fully saturated rings. The molecular formula is C26H23Cl3N4O2. The van der Waals surface area contributed by atoms with E-state index in [2.05, 4.69) is 0 Å². The Morgan fingerprint density at radius 2 is 1.66 bits per heavy atom. The van der Waals surface area contributed by atoms with Gasteiger partial charge in [-0.2, -0.15) is 0 Å². The first-order valence-electron chi connectivity index (χ1n) is 10.9. The fourth-order valence-electron chi connectivity index (χ4n) is 3.96. The zero-order chi connectivity index (χ0) is 25.1. The van der Waals surface area contributed by atoms with Crippen molar-refractivity contribution < 1.29 is 9.59 Å². The van der Waals surface area contributed by atoms with Crippen molar-refractivity contribution in [3.63, 3.8) is 0 Å². The maximum absolute atomic E-state index is 13.0. The van der Waals surface area contributed by atoms with Gasteiger partial charge in [-0.3, -0.25) is 15.0 Å². The number of hydrogen-bond donors (Lipinski definition) is 1. The lowest BCUT2D eigenvalue weighted by Crippen LogP contribution is -2.34. The number of amides is 1. The maximum Gasteiger partial charge on any atom is 0.226 e. The van der Waals surface area contributed by atoms with Gasteiger partial charge in [-0.1, -0.05) is 71.2 Å². The van der Waals surface area contributed by atoms with Gasteiger partial charge in [0.15, 0.2) is 5.78 Å².